The second-order valence-corrected chi connectivity index (χ2v) is 5.23. The molecule has 0 saturated carbocycles. The highest BCUT2D eigenvalue weighted by Crippen LogP contribution is 2.43. The fourth-order valence-corrected chi connectivity index (χ4v) is 1.67. The van der Waals surface area contributed by atoms with Crippen molar-refractivity contribution in [3.8, 4) is 0 Å². The van der Waals surface area contributed by atoms with E-state index in [9.17, 15) is 36.6 Å². The number of aliphatic hydroxyl groups is 2. The van der Waals surface area contributed by atoms with Crippen LogP contribution in [0.4, 0.5) is 26.3 Å². The average Bonchev–Trinajstić information content (AvgIpc) is 2.24. The Bertz CT molecular complexity index is 484. The van der Waals surface area contributed by atoms with Gasteiger partial charge in [0.1, 0.15) is 0 Å². The molecule has 8 heteroatoms. The minimum atomic E-state index is -5.07. The number of rotatable bonds is 2. The molecule has 2 nitrogen and oxygen atoms in total. The van der Waals surface area contributed by atoms with E-state index in [1.807, 2.05) is 0 Å². The van der Waals surface area contributed by atoms with E-state index < -0.39 is 34.7 Å². The number of hydrogen-bond acceptors (Lipinski definition) is 2. The summed E-state index contributed by atoms with van der Waals surface area (Å²) in [5.74, 6) is 0. The van der Waals surface area contributed by atoms with Crippen molar-refractivity contribution >= 4 is 0 Å². The molecule has 0 radical (unpaired) electrons. The Morgan fingerprint density at radius 2 is 1.00 bits per heavy atom. The summed E-state index contributed by atoms with van der Waals surface area (Å²) in [5.41, 5.74) is -8.13. The molecular formula is C13H14F6O2. The van der Waals surface area contributed by atoms with Crippen LogP contribution in [-0.2, 0) is 11.2 Å². The van der Waals surface area contributed by atoms with E-state index in [1.54, 1.807) is 0 Å². The minimum absolute atomic E-state index is 0.0524. The van der Waals surface area contributed by atoms with Crippen LogP contribution < -0.4 is 0 Å². The van der Waals surface area contributed by atoms with Gasteiger partial charge in [-0.2, -0.15) is 26.3 Å². The van der Waals surface area contributed by atoms with Crippen LogP contribution in [0.2, 0.25) is 0 Å². The molecule has 0 bridgehead atoms. The molecule has 0 heterocycles. The van der Waals surface area contributed by atoms with Crippen LogP contribution in [0.5, 0.6) is 0 Å². The lowest BCUT2D eigenvalue weighted by atomic mass is 9.87. The number of halogens is 6. The van der Waals surface area contributed by atoms with E-state index in [0.29, 0.717) is 19.9 Å². The third kappa shape index (κ3) is 3.16. The summed E-state index contributed by atoms with van der Waals surface area (Å²) in [6.07, 6.45) is -10.1. The van der Waals surface area contributed by atoms with Crippen LogP contribution in [-0.4, -0.2) is 22.6 Å². The highest BCUT2D eigenvalue weighted by Gasteiger charge is 2.54. The minimum Gasteiger partial charge on any atom is -0.376 e. The largest absolute Gasteiger partial charge is 0.421 e. The topological polar surface area (TPSA) is 40.5 Å². The first-order chi connectivity index (χ1) is 9.10. The number of aryl methyl sites for hydroxylation is 1. The van der Waals surface area contributed by atoms with Gasteiger partial charge in [-0.25, -0.2) is 0 Å². The fraction of sp³-hybridized carbons (Fsp3) is 0.538. The molecule has 120 valence electrons. The third-order valence-electron chi connectivity index (χ3n) is 3.31. The molecule has 2 unspecified atom stereocenters. The molecule has 0 aliphatic heterocycles. The third-order valence-corrected chi connectivity index (χ3v) is 3.31. The fourth-order valence-electron chi connectivity index (χ4n) is 1.67. The summed E-state index contributed by atoms with van der Waals surface area (Å²) in [6.45, 7) is 2.15. The zero-order chi connectivity index (χ0) is 16.9. The summed E-state index contributed by atoms with van der Waals surface area (Å²) < 4.78 is 76.7. The summed E-state index contributed by atoms with van der Waals surface area (Å²) >= 11 is 0. The van der Waals surface area contributed by atoms with Gasteiger partial charge < -0.3 is 10.2 Å². The Balaban J connectivity index is 3.50. The molecule has 0 spiro atoms. The monoisotopic (exact) mass is 316 g/mol. The molecule has 0 fully saturated rings. The van der Waals surface area contributed by atoms with Crippen molar-refractivity contribution in [2.24, 2.45) is 0 Å². The van der Waals surface area contributed by atoms with Crippen molar-refractivity contribution in [3.05, 3.63) is 34.9 Å². The molecule has 0 amide bonds. The average molecular weight is 316 g/mol. The quantitative estimate of drug-likeness (QED) is 0.820. The van der Waals surface area contributed by atoms with Crippen molar-refractivity contribution in [3.63, 3.8) is 0 Å². The number of benzene rings is 1. The first-order valence-corrected chi connectivity index (χ1v) is 5.81. The molecule has 0 aliphatic carbocycles. The van der Waals surface area contributed by atoms with Gasteiger partial charge in [-0.3, -0.25) is 0 Å². The van der Waals surface area contributed by atoms with Crippen LogP contribution in [0.25, 0.3) is 0 Å². The summed E-state index contributed by atoms with van der Waals surface area (Å²) in [5, 5.41) is 19.1. The molecule has 1 aromatic rings. The van der Waals surface area contributed by atoms with Crippen LogP contribution in [0, 0.1) is 6.92 Å². The summed E-state index contributed by atoms with van der Waals surface area (Å²) in [7, 11) is 0. The smallest absolute Gasteiger partial charge is 0.376 e. The van der Waals surface area contributed by atoms with E-state index in [4.69, 9.17) is 0 Å². The normalized spacial score (nSPS) is 19.0. The maximum atomic E-state index is 12.8. The predicted molar refractivity (Wildman–Crippen MR) is 62.4 cm³/mol. The van der Waals surface area contributed by atoms with Gasteiger partial charge in [0.05, 0.1) is 0 Å². The Kier molecular flexibility index (Phi) is 4.13. The molecule has 0 aromatic heterocycles. The van der Waals surface area contributed by atoms with Gasteiger partial charge in [0.2, 0.25) is 0 Å². The molecule has 1 aromatic carbocycles. The van der Waals surface area contributed by atoms with E-state index in [-0.39, 0.29) is 5.56 Å². The van der Waals surface area contributed by atoms with Crippen LogP contribution in [0.1, 0.15) is 30.5 Å². The lowest BCUT2D eigenvalue weighted by Gasteiger charge is -2.31. The first-order valence-electron chi connectivity index (χ1n) is 5.81. The SMILES string of the molecule is Cc1cc(C(C)(O)C(F)(F)F)cc(C(C)(O)C(F)(F)F)c1. The Morgan fingerprint density at radius 3 is 1.24 bits per heavy atom. The molecule has 0 saturated heterocycles. The highest BCUT2D eigenvalue weighted by atomic mass is 19.4. The zero-order valence-electron chi connectivity index (χ0n) is 11.4. The Morgan fingerprint density at radius 1 is 0.714 bits per heavy atom. The lowest BCUT2D eigenvalue weighted by Crippen LogP contribution is -2.41. The van der Waals surface area contributed by atoms with Gasteiger partial charge in [-0.1, -0.05) is 17.7 Å². The summed E-state index contributed by atoms with van der Waals surface area (Å²) in [4.78, 5) is 0. The van der Waals surface area contributed by atoms with Gasteiger partial charge in [0.25, 0.3) is 0 Å². The standard InChI is InChI=1S/C13H14F6O2/c1-7-4-8(10(2,20)12(14,15)16)6-9(5-7)11(3,21)13(17,18)19/h4-6,20-21H,1-3H3. The van der Waals surface area contributed by atoms with Gasteiger partial charge in [0, 0.05) is 0 Å². The molecule has 0 aliphatic rings. The molecular weight excluding hydrogens is 302 g/mol. The van der Waals surface area contributed by atoms with Gasteiger partial charge in [-0.15, -0.1) is 0 Å². The van der Waals surface area contributed by atoms with E-state index in [0.717, 1.165) is 12.1 Å². The molecule has 2 atom stereocenters. The van der Waals surface area contributed by atoms with E-state index in [2.05, 4.69) is 0 Å². The highest BCUT2D eigenvalue weighted by molar-refractivity contribution is 5.37. The summed E-state index contributed by atoms with van der Waals surface area (Å²) in [6, 6.07) is 2.35. The van der Waals surface area contributed by atoms with Gasteiger partial charge in [0.15, 0.2) is 11.2 Å². The number of hydrogen-bond donors (Lipinski definition) is 2. The van der Waals surface area contributed by atoms with Crippen molar-refractivity contribution in [2.45, 2.75) is 44.3 Å². The lowest BCUT2D eigenvalue weighted by molar-refractivity contribution is -0.261. The molecule has 21 heavy (non-hydrogen) atoms. The predicted octanol–water partition coefficient (Wildman–Crippen LogP) is 3.53. The van der Waals surface area contributed by atoms with E-state index >= 15 is 0 Å². The van der Waals surface area contributed by atoms with Crippen molar-refractivity contribution in [1.29, 1.82) is 0 Å². The molecule has 2 N–H and O–H groups in total. The van der Waals surface area contributed by atoms with Crippen LogP contribution >= 0.6 is 0 Å². The van der Waals surface area contributed by atoms with Gasteiger partial charge in [-0.05, 0) is 38.0 Å². The Labute approximate surface area is 117 Å². The first kappa shape index (κ1) is 17.8. The van der Waals surface area contributed by atoms with Crippen molar-refractivity contribution in [1.82, 2.24) is 0 Å². The zero-order valence-corrected chi connectivity index (χ0v) is 11.4. The second kappa shape index (κ2) is 4.88. The molecule has 1 rings (SSSR count). The second-order valence-electron chi connectivity index (χ2n) is 5.23. The Hall–Kier alpha value is -1.28. The van der Waals surface area contributed by atoms with Gasteiger partial charge >= 0.3 is 12.4 Å². The van der Waals surface area contributed by atoms with Crippen LogP contribution in [0.15, 0.2) is 18.2 Å². The van der Waals surface area contributed by atoms with Crippen molar-refractivity contribution in [2.75, 3.05) is 0 Å². The number of alkyl halides is 6. The van der Waals surface area contributed by atoms with Crippen molar-refractivity contribution < 1.29 is 36.6 Å². The van der Waals surface area contributed by atoms with Crippen LogP contribution in [0.3, 0.4) is 0 Å². The maximum Gasteiger partial charge on any atom is 0.421 e. The maximum absolute atomic E-state index is 12.8. The van der Waals surface area contributed by atoms with E-state index in [1.165, 1.54) is 6.92 Å².